The number of halogens is 1. The molecule has 0 spiro atoms. The van der Waals surface area contributed by atoms with Gasteiger partial charge in [0, 0.05) is 51.7 Å². The molecule has 1 aromatic heterocycles. The second-order valence-corrected chi connectivity index (χ2v) is 5.03. The molecule has 1 heterocycles. The van der Waals surface area contributed by atoms with Crippen molar-refractivity contribution >= 4 is 29.9 Å². The molecule has 1 aromatic rings. The molecule has 0 saturated carbocycles. The molecule has 0 bridgehead atoms. The Morgan fingerprint density at radius 2 is 2.00 bits per heavy atom. The quantitative estimate of drug-likeness (QED) is 0.291. The number of hydrogen-bond acceptors (Lipinski definition) is 3. The van der Waals surface area contributed by atoms with Crippen molar-refractivity contribution in [3.8, 4) is 0 Å². The summed E-state index contributed by atoms with van der Waals surface area (Å²) in [5.74, 6) is 0.828. The van der Waals surface area contributed by atoms with Crippen LogP contribution in [0.4, 0.5) is 0 Å². The van der Waals surface area contributed by atoms with E-state index < -0.39 is 0 Å². The number of hydrogen-bond donors (Lipinski definition) is 2. The Morgan fingerprint density at radius 1 is 1.27 bits per heavy atom. The fourth-order valence-corrected chi connectivity index (χ4v) is 2.15. The fourth-order valence-electron chi connectivity index (χ4n) is 2.15. The predicted molar refractivity (Wildman–Crippen MR) is 102 cm³/mol. The molecule has 0 fully saturated rings. The van der Waals surface area contributed by atoms with Gasteiger partial charge in [-0.15, -0.1) is 24.0 Å². The lowest BCUT2D eigenvalue weighted by Crippen LogP contribution is -2.37. The molecule has 1 rings (SSSR count). The van der Waals surface area contributed by atoms with E-state index in [1.54, 1.807) is 7.05 Å². The lowest BCUT2D eigenvalue weighted by molar-refractivity contribution is 0.143. The maximum atomic E-state index is 5.32. The van der Waals surface area contributed by atoms with Crippen molar-refractivity contribution in [2.75, 3.05) is 26.8 Å². The second kappa shape index (κ2) is 11.7. The highest BCUT2D eigenvalue weighted by molar-refractivity contribution is 14.0. The third-order valence-electron chi connectivity index (χ3n) is 3.53. The highest BCUT2D eigenvalue weighted by Gasteiger charge is 2.09. The Kier molecular flexibility index (Phi) is 11.3. The minimum absolute atomic E-state index is 0. The molecule has 7 heteroatoms. The van der Waals surface area contributed by atoms with Crippen LogP contribution in [0.5, 0.6) is 0 Å². The summed E-state index contributed by atoms with van der Waals surface area (Å²) >= 11 is 0. The number of ether oxygens (including phenoxy) is 1. The van der Waals surface area contributed by atoms with Crippen LogP contribution in [0, 0.1) is 13.8 Å². The number of aromatic nitrogens is 2. The lowest BCUT2D eigenvalue weighted by atomic mass is 10.2. The van der Waals surface area contributed by atoms with Crippen molar-refractivity contribution < 1.29 is 4.74 Å². The number of aliphatic imine (C=N–C) groups is 1. The average Bonchev–Trinajstić information content (AvgIpc) is 2.71. The van der Waals surface area contributed by atoms with Crippen LogP contribution in [-0.2, 0) is 18.3 Å². The minimum atomic E-state index is 0. The van der Waals surface area contributed by atoms with Crippen molar-refractivity contribution in [2.24, 2.45) is 12.0 Å². The van der Waals surface area contributed by atoms with Crippen LogP contribution in [0.25, 0.3) is 0 Å². The number of guanidine groups is 1. The molecular weight excluding hydrogens is 393 g/mol. The molecule has 0 amide bonds. The summed E-state index contributed by atoms with van der Waals surface area (Å²) < 4.78 is 7.23. The molecule has 0 radical (unpaired) electrons. The molecule has 128 valence electrons. The van der Waals surface area contributed by atoms with E-state index in [9.17, 15) is 0 Å². The molecule has 0 atom stereocenters. The average molecular weight is 423 g/mol. The van der Waals surface area contributed by atoms with Crippen LogP contribution in [0.1, 0.15) is 36.7 Å². The molecule has 22 heavy (non-hydrogen) atoms. The molecule has 0 aliphatic carbocycles. The van der Waals surface area contributed by atoms with Gasteiger partial charge in [-0.2, -0.15) is 5.10 Å². The van der Waals surface area contributed by atoms with Gasteiger partial charge in [0.05, 0.1) is 5.69 Å². The molecular formula is C15H30IN5O. The van der Waals surface area contributed by atoms with Crippen LogP contribution < -0.4 is 10.6 Å². The van der Waals surface area contributed by atoms with E-state index in [1.165, 1.54) is 11.3 Å². The first-order valence-corrected chi connectivity index (χ1v) is 7.61. The van der Waals surface area contributed by atoms with Crippen LogP contribution in [0.2, 0.25) is 0 Å². The zero-order valence-electron chi connectivity index (χ0n) is 14.4. The Labute approximate surface area is 151 Å². The van der Waals surface area contributed by atoms with Crippen LogP contribution in [-0.4, -0.2) is 42.5 Å². The zero-order chi connectivity index (χ0) is 15.7. The zero-order valence-corrected chi connectivity index (χ0v) is 16.7. The third kappa shape index (κ3) is 6.95. The first-order valence-electron chi connectivity index (χ1n) is 7.61. The first kappa shape index (κ1) is 21.2. The van der Waals surface area contributed by atoms with Gasteiger partial charge in [-0.3, -0.25) is 9.67 Å². The molecule has 0 aliphatic heterocycles. The van der Waals surface area contributed by atoms with Crippen LogP contribution in [0.3, 0.4) is 0 Å². The third-order valence-corrected chi connectivity index (χ3v) is 3.53. The van der Waals surface area contributed by atoms with Crippen molar-refractivity contribution in [3.63, 3.8) is 0 Å². The fraction of sp³-hybridized carbons (Fsp3) is 0.733. The molecule has 0 aliphatic rings. The number of nitrogens with one attached hydrogen (secondary N) is 2. The normalized spacial score (nSPS) is 11.2. The smallest absolute Gasteiger partial charge is 0.191 e. The van der Waals surface area contributed by atoms with Crippen molar-refractivity contribution in [3.05, 3.63) is 17.0 Å². The summed E-state index contributed by atoms with van der Waals surface area (Å²) in [6, 6.07) is 0. The van der Waals surface area contributed by atoms with Gasteiger partial charge in [0.2, 0.25) is 0 Å². The van der Waals surface area contributed by atoms with E-state index in [0.29, 0.717) is 0 Å². The highest BCUT2D eigenvalue weighted by Crippen LogP contribution is 2.10. The monoisotopic (exact) mass is 423 g/mol. The lowest BCUT2D eigenvalue weighted by Gasteiger charge is -2.12. The Bertz CT molecular complexity index is 459. The highest BCUT2D eigenvalue weighted by atomic mass is 127. The van der Waals surface area contributed by atoms with E-state index in [2.05, 4.69) is 27.6 Å². The van der Waals surface area contributed by atoms with Gasteiger partial charge in [-0.05, 0) is 33.6 Å². The van der Waals surface area contributed by atoms with Crippen molar-refractivity contribution in [1.82, 2.24) is 20.4 Å². The summed E-state index contributed by atoms with van der Waals surface area (Å²) in [5.41, 5.74) is 3.48. The Morgan fingerprint density at radius 3 is 2.55 bits per heavy atom. The number of unbranched alkanes of at least 4 members (excludes halogenated alkanes) is 1. The first-order chi connectivity index (χ1) is 10.1. The van der Waals surface area contributed by atoms with E-state index in [-0.39, 0.29) is 24.0 Å². The summed E-state index contributed by atoms with van der Waals surface area (Å²) in [6.07, 6.45) is 2.14. The molecule has 0 aromatic carbocycles. The maximum absolute atomic E-state index is 5.32. The van der Waals surface area contributed by atoms with Gasteiger partial charge in [0.1, 0.15) is 0 Å². The Balaban J connectivity index is 0.00000441. The largest absolute Gasteiger partial charge is 0.382 e. The SMILES string of the molecule is CCOCCCCNC(=NC)NCc1c(C)nn(C)c1C.I. The predicted octanol–water partition coefficient (Wildman–Crippen LogP) is 2.14. The van der Waals surface area contributed by atoms with Gasteiger partial charge < -0.3 is 15.4 Å². The van der Waals surface area contributed by atoms with Crippen molar-refractivity contribution in [1.29, 1.82) is 0 Å². The van der Waals surface area contributed by atoms with E-state index in [4.69, 9.17) is 4.74 Å². The van der Waals surface area contributed by atoms with E-state index in [0.717, 1.165) is 50.8 Å². The van der Waals surface area contributed by atoms with Gasteiger partial charge in [-0.1, -0.05) is 0 Å². The van der Waals surface area contributed by atoms with Crippen LogP contribution in [0.15, 0.2) is 4.99 Å². The minimum Gasteiger partial charge on any atom is -0.382 e. The van der Waals surface area contributed by atoms with Gasteiger partial charge >= 0.3 is 0 Å². The van der Waals surface area contributed by atoms with Gasteiger partial charge in [0.15, 0.2) is 5.96 Å². The summed E-state index contributed by atoms with van der Waals surface area (Å²) in [7, 11) is 3.76. The van der Waals surface area contributed by atoms with Crippen LogP contribution >= 0.6 is 24.0 Å². The summed E-state index contributed by atoms with van der Waals surface area (Å²) in [4.78, 5) is 4.24. The molecule has 0 unspecified atom stereocenters. The molecule has 0 saturated heterocycles. The standard InChI is InChI=1S/C15H29N5O.HI/c1-6-21-10-8-7-9-17-15(16-4)18-11-14-12(2)19-20(5)13(14)3;/h6-11H2,1-5H3,(H2,16,17,18);1H. The molecule has 6 nitrogen and oxygen atoms in total. The number of nitrogens with zero attached hydrogens (tertiary/aromatic N) is 3. The summed E-state index contributed by atoms with van der Waals surface area (Å²) in [5, 5.41) is 11.1. The Hall–Kier alpha value is -0.830. The van der Waals surface area contributed by atoms with E-state index >= 15 is 0 Å². The molecule has 2 N–H and O–H groups in total. The van der Waals surface area contributed by atoms with Gasteiger partial charge in [-0.25, -0.2) is 0 Å². The van der Waals surface area contributed by atoms with Gasteiger partial charge in [0.25, 0.3) is 0 Å². The number of aryl methyl sites for hydroxylation is 2. The van der Waals surface area contributed by atoms with E-state index in [1.807, 2.05) is 25.6 Å². The van der Waals surface area contributed by atoms with Crippen molar-refractivity contribution in [2.45, 2.75) is 40.2 Å². The second-order valence-electron chi connectivity index (χ2n) is 5.03. The topological polar surface area (TPSA) is 63.5 Å². The number of rotatable bonds is 8. The summed E-state index contributed by atoms with van der Waals surface area (Å²) in [6.45, 7) is 9.40. The maximum Gasteiger partial charge on any atom is 0.191 e.